The fourth-order valence-electron chi connectivity index (χ4n) is 10.9. The smallest absolute Gasteiger partial charge is 0.306 e. The Balaban J connectivity index is 4.01. The average Bonchev–Trinajstić information content (AvgIpc) is 3.44. The maximum absolute atomic E-state index is 12.9. The summed E-state index contributed by atoms with van der Waals surface area (Å²) in [6, 6.07) is 0. The van der Waals surface area contributed by atoms with E-state index in [2.05, 4.69) is 45.1 Å². The van der Waals surface area contributed by atoms with Gasteiger partial charge in [0.15, 0.2) is 6.10 Å². The van der Waals surface area contributed by atoms with E-state index in [9.17, 15) is 14.4 Å². The molecule has 0 aromatic rings. The fourth-order valence-corrected chi connectivity index (χ4v) is 10.9. The van der Waals surface area contributed by atoms with Crippen molar-refractivity contribution in [1.29, 1.82) is 0 Å². The molecule has 0 aliphatic carbocycles. The van der Waals surface area contributed by atoms with Gasteiger partial charge < -0.3 is 14.2 Å². The third kappa shape index (κ3) is 64.7. The first-order valence-corrected chi connectivity index (χ1v) is 35.3. The molecule has 0 saturated carbocycles. The Kier molecular flexibility index (Phi) is 65.6. The maximum Gasteiger partial charge on any atom is 0.306 e. The molecule has 0 N–H and O–H groups in total. The van der Waals surface area contributed by atoms with E-state index in [0.29, 0.717) is 19.3 Å². The van der Waals surface area contributed by atoms with Gasteiger partial charge in [-0.2, -0.15) is 0 Å². The number of esters is 3. The first kappa shape index (κ1) is 75.9. The Morgan fingerprint density at radius 1 is 0.256 bits per heavy atom. The van der Waals surface area contributed by atoms with Crippen LogP contribution < -0.4 is 0 Å². The zero-order valence-electron chi connectivity index (χ0n) is 53.0. The van der Waals surface area contributed by atoms with Gasteiger partial charge in [0.1, 0.15) is 13.2 Å². The number of rotatable bonds is 66. The van der Waals surface area contributed by atoms with Crippen molar-refractivity contribution < 1.29 is 28.6 Å². The van der Waals surface area contributed by atoms with Crippen molar-refractivity contribution in [2.75, 3.05) is 13.2 Å². The molecular weight excluding hydrogens is 961 g/mol. The molecule has 1 unspecified atom stereocenters. The van der Waals surface area contributed by atoms with Crippen molar-refractivity contribution in [2.24, 2.45) is 0 Å². The van der Waals surface area contributed by atoms with E-state index in [1.807, 2.05) is 0 Å². The summed E-state index contributed by atoms with van der Waals surface area (Å²) < 4.78 is 16.9. The van der Waals surface area contributed by atoms with E-state index in [4.69, 9.17) is 14.2 Å². The largest absolute Gasteiger partial charge is 0.462 e. The number of ether oxygens (including phenoxy) is 3. The standard InChI is InChI=1S/C72H136O6/c1-4-7-10-13-16-19-22-25-26-27-28-29-30-31-32-33-34-35-36-37-38-39-40-41-42-43-44-45-48-50-53-56-59-62-65-71(74)77-68-69(78-72(75)66-63-60-57-54-51-47-24-21-18-15-12-9-6-3)67-76-70(73)64-61-58-55-52-49-46-23-20-17-14-11-8-5-2/h12,15,21,24,69H,4-11,13-14,16-20,22-23,25-68H2,1-3H3/b15-12-,24-21-. The van der Waals surface area contributed by atoms with E-state index in [0.717, 1.165) is 89.9 Å². The summed E-state index contributed by atoms with van der Waals surface area (Å²) >= 11 is 0. The first-order chi connectivity index (χ1) is 38.5. The molecule has 0 aliphatic heterocycles. The molecule has 0 radical (unpaired) electrons. The van der Waals surface area contributed by atoms with Crippen LogP contribution in [0.2, 0.25) is 0 Å². The van der Waals surface area contributed by atoms with E-state index < -0.39 is 6.10 Å². The van der Waals surface area contributed by atoms with Crippen LogP contribution in [0.1, 0.15) is 400 Å². The van der Waals surface area contributed by atoms with Crippen LogP contribution in [-0.2, 0) is 28.6 Å². The summed E-state index contributed by atoms with van der Waals surface area (Å²) in [5.74, 6) is -0.859. The Morgan fingerprint density at radius 2 is 0.487 bits per heavy atom. The lowest BCUT2D eigenvalue weighted by Gasteiger charge is -2.18. The second kappa shape index (κ2) is 67.4. The van der Waals surface area contributed by atoms with Crippen LogP contribution in [0.3, 0.4) is 0 Å². The highest BCUT2D eigenvalue weighted by atomic mass is 16.6. The first-order valence-electron chi connectivity index (χ1n) is 35.3. The molecule has 0 heterocycles. The highest BCUT2D eigenvalue weighted by molar-refractivity contribution is 5.71. The lowest BCUT2D eigenvalue weighted by Crippen LogP contribution is -2.30. The van der Waals surface area contributed by atoms with Gasteiger partial charge in [0.05, 0.1) is 0 Å². The van der Waals surface area contributed by atoms with Gasteiger partial charge in [-0.1, -0.05) is 360 Å². The second-order valence-corrected chi connectivity index (χ2v) is 24.2. The molecular formula is C72H136O6. The molecule has 0 rings (SSSR count). The van der Waals surface area contributed by atoms with Crippen LogP contribution in [-0.4, -0.2) is 37.2 Å². The monoisotopic (exact) mass is 1100 g/mol. The molecule has 0 aromatic carbocycles. The molecule has 0 aromatic heterocycles. The minimum absolute atomic E-state index is 0.0713. The maximum atomic E-state index is 12.9. The normalized spacial score (nSPS) is 12.1. The quantitative estimate of drug-likeness (QED) is 0.0261. The van der Waals surface area contributed by atoms with Crippen LogP contribution in [0.25, 0.3) is 0 Å². The van der Waals surface area contributed by atoms with Crippen molar-refractivity contribution in [2.45, 2.75) is 406 Å². The van der Waals surface area contributed by atoms with E-state index in [-0.39, 0.29) is 31.1 Å². The number of hydrogen-bond acceptors (Lipinski definition) is 6. The Morgan fingerprint density at radius 3 is 0.756 bits per heavy atom. The Hall–Kier alpha value is -2.11. The number of allylic oxidation sites excluding steroid dienone is 4. The summed E-state index contributed by atoms with van der Waals surface area (Å²) in [6.45, 7) is 6.63. The van der Waals surface area contributed by atoms with Gasteiger partial charge in [-0.3, -0.25) is 14.4 Å². The molecule has 0 aliphatic rings. The lowest BCUT2D eigenvalue weighted by atomic mass is 10.0. The molecule has 0 amide bonds. The van der Waals surface area contributed by atoms with Crippen molar-refractivity contribution >= 4 is 17.9 Å². The molecule has 0 saturated heterocycles. The van der Waals surface area contributed by atoms with Crippen LogP contribution >= 0.6 is 0 Å². The molecule has 6 heteroatoms. The predicted octanol–water partition coefficient (Wildman–Crippen LogP) is 24.2. The predicted molar refractivity (Wildman–Crippen MR) is 340 cm³/mol. The zero-order chi connectivity index (χ0) is 56.4. The Labute approximate surface area is 487 Å². The van der Waals surface area contributed by atoms with Crippen molar-refractivity contribution in [3.63, 3.8) is 0 Å². The number of carbonyl (C=O) groups is 3. The van der Waals surface area contributed by atoms with Crippen molar-refractivity contribution in [3.8, 4) is 0 Å². The van der Waals surface area contributed by atoms with Gasteiger partial charge >= 0.3 is 17.9 Å². The molecule has 0 bridgehead atoms. The zero-order valence-corrected chi connectivity index (χ0v) is 53.0. The van der Waals surface area contributed by atoms with Gasteiger partial charge in [0.2, 0.25) is 0 Å². The SMILES string of the molecule is CCC/C=C\C/C=C\CCCCCCCC(=O)OC(COC(=O)CCCCCCCCCCCCCCC)COC(=O)CCCCCCCCCCCCCCCCCCCCCCCCCCCCCCCCCCCC. The highest BCUT2D eigenvalue weighted by Gasteiger charge is 2.19. The highest BCUT2D eigenvalue weighted by Crippen LogP contribution is 2.19. The van der Waals surface area contributed by atoms with Gasteiger partial charge in [-0.05, 0) is 44.9 Å². The number of hydrogen-bond donors (Lipinski definition) is 0. The van der Waals surface area contributed by atoms with Crippen LogP contribution in [0.5, 0.6) is 0 Å². The summed E-state index contributed by atoms with van der Waals surface area (Å²) in [4.78, 5) is 38.3. The number of unbranched alkanes of at least 4 members (excludes halogenated alkanes) is 51. The van der Waals surface area contributed by atoms with Crippen LogP contribution in [0.15, 0.2) is 24.3 Å². The Bertz CT molecular complexity index is 1260. The molecule has 1 atom stereocenters. The summed E-state index contributed by atoms with van der Waals surface area (Å²) in [5.41, 5.74) is 0. The van der Waals surface area contributed by atoms with Gasteiger partial charge in [0, 0.05) is 19.3 Å². The molecule has 78 heavy (non-hydrogen) atoms. The number of carbonyl (C=O) groups excluding carboxylic acids is 3. The van der Waals surface area contributed by atoms with Crippen molar-refractivity contribution in [1.82, 2.24) is 0 Å². The minimum atomic E-state index is -0.774. The summed E-state index contributed by atoms with van der Waals surface area (Å²) in [6.07, 6.45) is 82.4. The molecule has 0 spiro atoms. The fraction of sp³-hybridized carbons (Fsp3) is 0.903. The second-order valence-electron chi connectivity index (χ2n) is 24.2. The summed E-state index contributed by atoms with van der Waals surface area (Å²) in [7, 11) is 0. The van der Waals surface area contributed by atoms with Crippen LogP contribution in [0.4, 0.5) is 0 Å². The van der Waals surface area contributed by atoms with E-state index >= 15 is 0 Å². The van der Waals surface area contributed by atoms with Gasteiger partial charge in [0.25, 0.3) is 0 Å². The topological polar surface area (TPSA) is 78.9 Å². The summed E-state index contributed by atoms with van der Waals surface area (Å²) in [5, 5.41) is 0. The average molecular weight is 1100 g/mol. The van der Waals surface area contributed by atoms with Crippen molar-refractivity contribution in [3.05, 3.63) is 24.3 Å². The van der Waals surface area contributed by atoms with E-state index in [1.165, 1.54) is 270 Å². The third-order valence-corrected chi connectivity index (χ3v) is 16.2. The molecule has 6 nitrogen and oxygen atoms in total. The molecule has 460 valence electrons. The third-order valence-electron chi connectivity index (χ3n) is 16.2. The van der Waals surface area contributed by atoms with Gasteiger partial charge in [-0.25, -0.2) is 0 Å². The molecule has 0 fully saturated rings. The van der Waals surface area contributed by atoms with Crippen LogP contribution in [0, 0.1) is 0 Å². The minimum Gasteiger partial charge on any atom is -0.462 e. The van der Waals surface area contributed by atoms with E-state index in [1.54, 1.807) is 0 Å². The van der Waals surface area contributed by atoms with Gasteiger partial charge in [-0.15, -0.1) is 0 Å². The lowest BCUT2D eigenvalue weighted by molar-refractivity contribution is -0.167.